The van der Waals surface area contributed by atoms with E-state index >= 15 is 0 Å². The van der Waals surface area contributed by atoms with Crippen molar-refractivity contribution in [2.75, 3.05) is 10.6 Å². The van der Waals surface area contributed by atoms with E-state index in [1.54, 1.807) is 12.1 Å². The van der Waals surface area contributed by atoms with E-state index in [4.69, 9.17) is 23.2 Å². The van der Waals surface area contributed by atoms with Crippen LogP contribution in [0.3, 0.4) is 0 Å². The van der Waals surface area contributed by atoms with Gasteiger partial charge in [0.2, 0.25) is 0 Å². The summed E-state index contributed by atoms with van der Waals surface area (Å²) in [7, 11) is 0. The van der Waals surface area contributed by atoms with Gasteiger partial charge in [-0.2, -0.15) is 0 Å². The molecule has 4 nitrogen and oxygen atoms in total. The minimum atomic E-state index is -0.468. The molecule has 3 N–H and O–H groups in total. The zero-order chi connectivity index (χ0) is 21.2. The molecule has 0 aromatic heterocycles. The van der Waals surface area contributed by atoms with Gasteiger partial charge in [-0.3, -0.25) is 4.79 Å². The van der Waals surface area contributed by atoms with Gasteiger partial charge in [0.1, 0.15) is 5.75 Å². The Labute approximate surface area is 183 Å². The van der Waals surface area contributed by atoms with Gasteiger partial charge in [-0.15, -0.1) is 0 Å². The fourth-order valence-corrected chi connectivity index (χ4v) is 3.57. The van der Waals surface area contributed by atoms with Crippen molar-refractivity contribution in [3.05, 3.63) is 52.0 Å². The number of amides is 1. The Balaban J connectivity index is 1.88. The third-order valence-corrected chi connectivity index (χ3v) is 5.37. The smallest absolute Gasteiger partial charge is 0.259 e. The zero-order valence-electron chi connectivity index (χ0n) is 17.1. The molecule has 2 aromatic carbocycles. The normalized spacial score (nSPS) is 11.9. The fraction of sp³-hybridized carbons (Fsp3) is 0.435. The highest BCUT2D eigenvalue weighted by molar-refractivity contribution is 6.34. The molecule has 0 aliphatic heterocycles. The topological polar surface area (TPSA) is 61.4 Å². The number of phenolic OH excluding ortho intramolecular Hbond substituents is 1. The molecular formula is C23H30Cl2N2O2. The van der Waals surface area contributed by atoms with Crippen molar-refractivity contribution in [1.82, 2.24) is 0 Å². The van der Waals surface area contributed by atoms with Crippen molar-refractivity contribution in [3.8, 4) is 5.75 Å². The van der Waals surface area contributed by atoms with E-state index in [0.717, 1.165) is 12.1 Å². The van der Waals surface area contributed by atoms with Gasteiger partial charge < -0.3 is 15.7 Å². The predicted octanol–water partition coefficient (Wildman–Crippen LogP) is 7.50. The number of hydrogen-bond donors (Lipinski definition) is 3. The summed E-state index contributed by atoms with van der Waals surface area (Å²) < 4.78 is 0. The average Bonchev–Trinajstić information content (AvgIpc) is 2.68. The highest BCUT2D eigenvalue weighted by atomic mass is 35.5. The Hall–Kier alpha value is -1.91. The number of anilines is 2. The van der Waals surface area contributed by atoms with E-state index < -0.39 is 5.91 Å². The molecule has 1 amide bonds. The number of carbonyl (C=O) groups excluding carboxylic acids is 1. The lowest BCUT2D eigenvalue weighted by molar-refractivity contribution is 0.102. The number of hydrogen-bond acceptors (Lipinski definition) is 3. The summed E-state index contributed by atoms with van der Waals surface area (Å²) in [4.78, 5) is 12.4. The summed E-state index contributed by atoms with van der Waals surface area (Å²) >= 11 is 12.3. The fourth-order valence-electron chi connectivity index (χ4n) is 3.17. The van der Waals surface area contributed by atoms with Gasteiger partial charge in [-0.05, 0) is 49.7 Å². The molecule has 0 saturated heterocycles. The number of aromatic hydroxyl groups is 1. The second-order valence-electron chi connectivity index (χ2n) is 7.41. The van der Waals surface area contributed by atoms with Gasteiger partial charge >= 0.3 is 0 Å². The van der Waals surface area contributed by atoms with E-state index in [2.05, 4.69) is 24.5 Å². The number of unbranched alkanes of at least 4 members (excludes halogenated alkanes) is 5. The first-order valence-corrected chi connectivity index (χ1v) is 11.0. The number of benzene rings is 2. The van der Waals surface area contributed by atoms with Crippen LogP contribution in [0.15, 0.2) is 36.4 Å². The van der Waals surface area contributed by atoms with Crippen LogP contribution < -0.4 is 10.6 Å². The maximum absolute atomic E-state index is 12.4. The van der Waals surface area contributed by atoms with Crippen LogP contribution in [-0.2, 0) is 0 Å². The van der Waals surface area contributed by atoms with Gasteiger partial charge in [-0.1, -0.05) is 68.7 Å². The Morgan fingerprint density at radius 1 is 1.03 bits per heavy atom. The second-order valence-corrected chi connectivity index (χ2v) is 8.26. The predicted molar refractivity (Wildman–Crippen MR) is 124 cm³/mol. The van der Waals surface area contributed by atoms with Crippen molar-refractivity contribution >= 4 is 40.5 Å². The van der Waals surface area contributed by atoms with Crippen molar-refractivity contribution < 1.29 is 9.90 Å². The van der Waals surface area contributed by atoms with Crippen molar-refractivity contribution in [1.29, 1.82) is 0 Å². The Kier molecular flexibility index (Phi) is 9.62. The lowest BCUT2D eigenvalue weighted by Crippen LogP contribution is -2.15. The first-order valence-electron chi connectivity index (χ1n) is 10.3. The number of phenols is 1. The average molecular weight is 437 g/mol. The molecule has 29 heavy (non-hydrogen) atoms. The first-order chi connectivity index (χ1) is 13.9. The molecule has 158 valence electrons. The van der Waals surface area contributed by atoms with E-state index in [1.807, 2.05) is 6.07 Å². The minimum Gasteiger partial charge on any atom is -0.507 e. The third-order valence-electron chi connectivity index (χ3n) is 4.82. The van der Waals surface area contributed by atoms with Crippen LogP contribution in [0.25, 0.3) is 0 Å². The van der Waals surface area contributed by atoms with E-state index in [0.29, 0.717) is 21.8 Å². The third kappa shape index (κ3) is 7.79. The standard InChI is InChI=1S/C23H30Cl2N2O2/c1-3-4-5-6-7-8-9-16(2)26-18-11-12-21(20(25)15-18)27-23(29)19-14-17(24)10-13-22(19)28/h10-16,26,28H,3-9H2,1-2H3,(H,27,29). The molecule has 0 saturated carbocycles. The Morgan fingerprint density at radius 3 is 2.48 bits per heavy atom. The van der Waals surface area contributed by atoms with Gasteiger partial charge in [0.15, 0.2) is 0 Å². The molecule has 0 radical (unpaired) electrons. The molecule has 2 aromatic rings. The van der Waals surface area contributed by atoms with Crippen LogP contribution in [0.5, 0.6) is 5.75 Å². The summed E-state index contributed by atoms with van der Waals surface area (Å²) in [6.07, 6.45) is 8.83. The van der Waals surface area contributed by atoms with Crippen LogP contribution in [0, 0.1) is 0 Å². The number of rotatable bonds is 11. The lowest BCUT2D eigenvalue weighted by atomic mass is 10.1. The molecule has 1 atom stereocenters. The Bertz CT molecular complexity index is 811. The van der Waals surface area contributed by atoms with Gasteiger partial charge in [-0.25, -0.2) is 0 Å². The quantitative estimate of drug-likeness (QED) is 0.319. The van der Waals surface area contributed by atoms with Crippen LogP contribution in [0.4, 0.5) is 11.4 Å². The maximum atomic E-state index is 12.4. The molecule has 1 unspecified atom stereocenters. The van der Waals surface area contributed by atoms with Crippen LogP contribution >= 0.6 is 23.2 Å². The molecule has 2 rings (SSSR count). The summed E-state index contributed by atoms with van der Waals surface area (Å²) in [6, 6.07) is 10.1. The van der Waals surface area contributed by atoms with Gasteiger partial charge in [0.05, 0.1) is 16.3 Å². The van der Waals surface area contributed by atoms with E-state index in [1.165, 1.54) is 56.7 Å². The molecular weight excluding hydrogens is 407 g/mol. The molecule has 0 bridgehead atoms. The first kappa shape index (κ1) is 23.4. The van der Waals surface area contributed by atoms with Crippen molar-refractivity contribution in [3.63, 3.8) is 0 Å². The molecule has 0 fully saturated rings. The van der Waals surface area contributed by atoms with Crippen LogP contribution in [0.2, 0.25) is 10.0 Å². The SMILES string of the molecule is CCCCCCCCC(C)Nc1ccc(NC(=O)c2cc(Cl)ccc2O)c(Cl)c1. The Morgan fingerprint density at radius 2 is 1.76 bits per heavy atom. The summed E-state index contributed by atoms with van der Waals surface area (Å²) in [6.45, 7) is 4.40. The minimum absolute atomic E-state index is 0.100. The van der Waals surface area contributed by atoms with Crippen LogP contribution in [0.1, 0.15) is 69.2 Å². The van der Waals surface area contributed by atoms with Gasteiger partial charge in [0, 0.05) is 16.8 Å². The summed E-state index contributed by atoms with van der Waals surface area (Å²) in [5.74, 6) is -0.603. The molecule has 6 heteroatoms. The molecule has 0 aliphatic carbocycles. The highest BCUT2D eigenvalue weighted by Crippen LogP contribution is 2.28. The van der Waals surface area contributed by atoms with Crippen molar-refractivity contribution in [2.24, 2.45) is 0 Å². The highest BCUT2D eigenvalue weighted by Gasteiger charge is 2.14. The number of nitrogens with one attached hydrogen (secondary N) is 2. The summed E-state index contributed by atoms with van der Waals surface area (Å²) in [5, 5.41) is 16.8. The largest absolute Gasteiger partial charge is 0.507 e. The molecule has 0 aliphatic rings. The number of halogens is 2. The summed E-state index contributed by atoms with van der Waals surface area (Å²) in [5.41, 5.74) is 1.49. The monoisotopic (exact) mass is 436 g/mol. The zero-order valence-corrected chi connectivity index (χ0v) is 18.6. The van der Waals surface area contributed by atoms with Gasteiger partial charge in [0.25, 0.3) is 5.91 Å². The molecule has 0 heterocycles. The van der Waals surface area contributed by atoms with E-state index in [-0.39, 0.29) is 11.3 Å². The van der Waals surface area contributed by atoms with Crippen molar-refractivity contribution in [2.45, 2.75) is 64.8 Å². The second kappa shape index (κ2) is 11.9. The van der Waals surface area contributed by atoms with E-state index in [9.17, 15) is 9.90 Å². The lowest BCUT2D eigenvalue weighted by Gasteiger charge is -2.16. The molecule has 0 spiro atoms. The number of carbonyl (C=O) groups is 1. The maximum Gasteiger partial charge on any atom is 0.259 e. The van der Waals surface area contributed by atoms with Crippen LogP contribution in [-0.4, -0.2) is 17.1 Å².